The molecule has 2 heterocycles. The molecule has 0 saturated carbocycles. The molecule has 1 unspecified atom stereocenters. The molecule has 2 aliphatic heterocycles. The van der Waals surface area contributed by atoms with Gasteiger partial charge in [0, 0.05) is 12.8 Å². The Morgan fingerprint density at radius 3 is 3.00 bits per heavy atom. The second kappa shape index (κ2) is 4.67. The van der Waals surface area contributed by atoms with Gasteiger partial charge in [0.05, 0.1) is 6.10 Å². The first-order valence-electron chi connectivity index (χ1n) is 5.42. The largest absolute Gasteiger partial charge is 0.481 e. The van der Waals surface area contributed by atoms with Crippen molar-refractivity contribution in [2.45, 2.75) is 57.1 Å². The van der Waals surface area contributed by atoms with Crippen LogP contribution in [0.5, 0.6) is 0 Å². The number of aliphatic hydroxyl groups excluding tert-OH is 1. The number of hydrogen-bond donors (Lipinski definition) is 2. The molecule has 6 nitrogen and oxygen atoms in total. The molecule has 0 aliphatic carbocycles. The number of carboxylic acids is 1. The number of hydrogen-bond acceptors (Lipinski definition) is 5. The summed E-state index contributed by atoms with van der Waals surface area (Å²) in [5.41, 5.74) is 0. The van der Waals surface area contributed by atoms with E-state index in [9.17, 15) is 9.90 Å². The van der Waals surface area contributed by atoms with Crippen LogP contribution in [-0.2, 0) is 19.0 Å². The first-order chi connectivity index (χ1) is 7.56. The van der Waals surface area contributed by atoms with E-state index in [-0.39, 0.29) is 24.9 Å². The number of rotatable bonds is 5. The minimum Gasteiger partial charge on any atom is -0.481 e. The van der Waals surface area contributed by atoms with Crippen molar-refractivity contribution >= 4 is 5.97 Å². The second-order valence-electron chi connectivity index (χ2n) is 4.23. The summed E-state index contributed by atoms with van der Waals surface area (Å²) < 4.78 is 15.8. The van der Waals surface area contributed by atoms with Crippen molar-refractivity contribution in [3.8, 4) is 0 Å². The zero-order chi connectivity index (χ0) is 11.7. The van der Waals surface area contributed by atoms with Crippen LogP contribution in [-0.4, -0.2) is 47.1 Å². The Kier molecular flexibility index (Phi) is 3.44. The first kappa shape index (κ1) is 11.8. The SMILES string of the molecule is C[C@H](CCC(=O)O)O[C@H]1OC2O[C@H]2C[C@H]1O. The van der Waals surface area contributed by atoms with E-state index in [2.05, 4.69) is 0 Å². The zero-order valence-electron chi connectivity index (χ0n) is 9.04. The lowest BCUT2D eigenvalue weighted by Gasteiger charge is -2.28. The van der Waals surface area contributed by atoms with Gasteiger partial charge in [0.2, 0.25) is 0 Å². The van der Waals surface area contributed by atoms with Gasteiger partial charge in [-0.05, 0) is 13.3 Å². The highest BCUT2D eigenvalue weighted by Gasteiger charge is 2.50. The molecule has 0 bridgehead atoms. The van der Waals surface area contributed by atoms with E-state index in [0.717, 1.165) is 0 Å². The maximum absolute atomic E-state index is 10.4. The van der Waals surface area contributed by atoms with E-state index in [1.54, 1.807) is 6.92 Å². The van der Waals surface area contributed by atoms with E-state index in [1.165, 1.54) is 0 Å². The lowest BCUT2D eigenvalue weighted by molar-refractivity contribution is -0.239. The Hall–Kier alpha value is -0.690. The molecule has 2 rings (SSSR count). The maximum atomic E-state index is 10.4. The second-order valence-corrected chi connectivity index (χ2v) is 4.23. The normalized spacial score (nSPS) is 38.9. The van der Waals surface area contributed by atoms with Crippen molar-refractivity contribution in [3.63, 3.8) is 0 Å². The minimum absolute atomic E-state index is 0.00387. The average Bonchev–Trinajstić information content (AvgIpc) is 2.93. The van der Waals surface area contributed by atoms with Crippen LogP contribution in [0.2, 0.25) is 0 Å². The summed E-state index contributed by atoms with van der Waals surface area (Å²) in [7, 11) is 0. The summed E-state index contributed by atoms with van der Waals surface area (Å²) in [6, 6.07) is 0. The highest BCUT2D eigenvalue weighted by atomic mass is 16.8. The summed E-state index contributed by atoms with van der Waals surface area (Å²) in [5, 5.41) is 18.2. The standard InChI is InChI=1S/C10H16O6/c1-5(2-3-8(12)13)14-9-6(11)4-7-10(15-7)16-9/h5-7,9-11H,2-4H2,1H3,(H,12,13)/t5-,6-,7+,9+,10?/m1/s1. The van der Waals surface area contributed by atoms with Crippen molar-refractivity contribution in [3.05, 3.63) is 0 Å². The highest BCUT2D eigenvalue weighted by Crippen LogP contribution is 2.36. The molecular formula is C10H16O6. The summed E-state index contributed by atoms with van der Waals surface area (Å²) in [4.78, 5) is 10.4. The highest BCUT2D eigenvalue weighted by molar-refractivity contribution is 5.66. The number of aliphatic hydroxyl groups is 1. The number of fused-ring (bicyclic) bond motifs is 1. The molecule has 92 valence electrons. The van der Waals surface area contributed by atoms with Crippen molar-refractivity contribution in [1.29, 1.82) is 0 Å². The number of epoxide rings is 1. The van der Waals surface area contributed by atoms with Crippen LogP contribution in [0.4, 0.5) is 0 Å². The number of aliphatic carboxylic acids is 1. The molecule has 2 fully saturated rings. The van der Waals surface area contributed by atoms with Crippen LogP contribution in [0.1, 0.15) is 26.2 Å². The molecular weight excluding hydrogens is 216 g/mol. The fourth-order valence-corrected chi connectivity index (χ4v) is 1.73. The van der Waals surface area contributed by atoms with E-state index in [1.807, 2.05) is 0 Å². The van der Waals surface area contributed by atoms with Crippen molar-refractivity contribution < 1.29 is 29.2 Å². The van der Waals surface area contributed by atoms with Gasteiger partial charge in [0.1, 0.15) is 12.2 Å². The van der Waals surface area contributed by atoms with E-state index < -0.39 is 18.4 Å². The van der Waals surface area contributed by atoms with Crippen molar-refractivity contribution in [1.82, 2.24) is 0 Å². The van der Waals surface area contributed by atoms with E-state index in [0.29, 0.717) is 12.8 Å². The number of carbonyl (C=O) groups is 1. The Morgan fingerprint density at radius 1 is 1.56 bits per heavy atom. The molecule has 2 N–H and O–H groups in total. The van der Waals surface area contributed by atoms with Gasteiger partial charge in [-0.15, -0.1) is 0 Å². The molecule has 0 amide bonds. The lowest BCUT2D eigenvalue weighted by Crippen LogP contribution is -2.40. The van der Waals surface area contributed by atoms with E-state index in [4.69, 9.17) is 19.3 Å². The molecule has 0 radical (unpaired) electrons. The Bertz CT molecular complexity index is 268. The van der Waals surface area contributed by atoms with Gasteiger partial charge in [-0.25, -0.2) is 0 Å². The summed E-state index contributed by atoms with van der Waals surface area (Å²) >= 11 is 0. The third-order valence-corrected chi connectivity index (χ3v) is 2.72. The Morgan fingerprint density at radius 2 is 2.31 bits per heavy atom. The fourth-order valence-electron chi connectivity index (χ4n) is 1.73. The topological polar surface area (TPSA) is 88.5 Å². The van der Waals surface area contributed by atoms with Gasteiger partial charge in [-0.3, -0.25) is 4.79 Å². The van der Waals surface area contributed by atoms with Crippen LogP contribution < -0.4 is 0 Å². The maximum Gasteiger partial charge on any atom is 0.303 e. The lowest BCUT2D eigenvalue weighted by atomic mass is 10.1. The molecule has 2 aliphatic rings. The predicted octanol–water partition coefficient (Wildman–Crippen LogP) is 0.0885. The monoisotopic (exact) mass is 232 g/mol. The molecule has 16 heavy (non-hydrogen) atoms. The van der Waals surface area contributed by atoms with Gasteiger partial charge in [-0.2, -0.15) is 0 Å². The number of carboxylic acid groups (broad SMARTS) is 1. The first-order valence-corrected chi connectivity index (χ1v) is 5.42. The smallest absolute Gasteiger partial charge is 0.303 e. The molecule has 0 aromatic heterocycles. The quantitative estimate of drug-likeness (QED) is 0.653. The van der Waals surface area contributed by atoms with Gasteiger partial charge < -0.3 is 24.4 Å². The van der Waals surface area contributed by atoms with Gasteiger partial charge in [0.15, 0.2) is 12.6 Å². The predicted molar refractivity (Wildman–Crippen MR) is 51.6 cm³/mol. The molecule has 2 saturated heterocycles. The van der Waals surface area contributed by atoms with E-state index >= 15 is 0 Å². The van der Waals surface area contributed by atoms with Crippen LogP contribution in [0.25, 0.3) is 0 Å². The molecule has 0 aromatic rings. The Labute approximate surface area is 93.1 Å². The molecule has 0 spiro atoms. The van der Waals surface area contributed by atoms with Crippen LogP contribution in [0.3, 0.4) is 0 Å². The molecule has 5 atom stereocenters. The third-order valence-electron chi connectivity index (χ3n) is 2.72. The molecule has 0 aromatic carbocycles. The van der Waals surface area contributed by atoms with Gasteiger partial charge in [0.25, 0.3) is 0 Å². The third kappa shape index (κ3) is 2.91. The van der Waals surface area contributed by atoms with Crippen LogP contribution in [0, 0.1) is 0 Å². The Balaban J connectivity index is 1.73. The van der Waals surface area contributed by atoms with Crippen molar-refractivity contribution in [2.75, 3.05) is 0 Å². The summed E-state index contributed by atoms with van der Waals surface area (Å²) in [6.07, 6.45) is -0.941. The number of ether oxygens (including phenoxy) is 3. The fraction of sp³-hybridized carbons (Fsp3) is 0.900. The van der Waals surface area contributed by atoms with Crippen LogP contribution in [0.15, 0.2) is 0 Å². The average molecular weight is 232 g/mol. The van der Waals surface area contributed by atoms with Crippen LogP contribution >= 0.6 is 0 Å². The molecule has 6 heteroatoms. The zero-order valence-corrected chi connectivity index (χ0v) is 9.04. The summed E-state index contributed by atoms with van der Waals surface area (Å²) in [6.45, 7) is 1.76. The van der Waals surface area contributed by atoms with Gasteiger partial charge >= 0.3 is 5.97 Å². The van der Waals surface area contributed by atoms with Crippen molar-refractivity contribution in [2.24, 2.45) is 0 Å². The summed E-state index contributed by atoms with van der Waals surface area (Å²) in [5.74, 6) is -0.855. The van der Waals surface area contributed by atoms with Gasteiger partial charge in [-0.1, -0.05) is 0 Å². The minimum atomic E-state index is -0.855.